The van der Waals surface area contributed by atoms with Crippen LogP contribution in [0.1, 0.15) is 43.4 Å². The second-order valence-corrected chi connectivity index (χ2v) is 8.35. The molecule has 0 saturated carbocycles. The number of benzene rings is 3. The molecule has 0 radical (unpaired) electrons. The summed E-state index contributed by atoms with van der Waals surface area (Å²) in [5.74, 6) is -4.71. The van der Waals surface area contributed by atoms with Crippen LogP contribution < -0.4 is 16.0 Å². The minimum absolute atomic E-state index is 0.0514. The number of carbonyl (C=O) groups excluding carboxylic acids is 3. The zero-order valence-corrected chi connectivity index (χ0v) is 19.1. The maximum absolute atomic E-state index is 14.0. The molecule has 0 aliphatic carbocycles. The quantitative estimate of drug-likeness (QED) is 0.354. The van der Waals surface area contributed by atoms with Crippen molar-refractivity contribution in [1.29, 1.82) is 0 Å². The minimum Gasteiger partial charge on any atom is -0.387 e. The Labute approximate surface area is 210 Å². The van der Waals surface area contributed by atoms with Crippen LogP contribution in [0.25, 0.3) is 0 Å². The van der Waals surface area contributed by atoms with Gasteiger partial charge in [0.05, 0.1) is 11.6 Å². The molecule has 1 heterocycles. The number of aliphatic hydroxyl groups excluding tert-OH is 1. The molecule has 1 aliphatic rings. The maximum atomic E-state index is 14.0. The SMILES string of the molecule is O=C(CO)Nc1cc(NC(=O)c2cc(F)cc(C(F)(F)F)c2)c2c(c1)C(=O)N[C@H]2c1cc(F)ccc1Cl. The Morgan fingerprint density at radius 3 is 2.41 bits per heavy atom. The molecule has 3 amide bonds. The number of aliphatic hydroxyl groups is 1. The van der Waals surface area contributed by atoms with E-state index in [-0.39, 0.29) is 39.2 Å². The number of rotatable bonds is 5. The fourth-order valence-electron chi connectivity index (χ4n) is 3.86. The lowest BCUT2D eigenvalue weighted by molar-refractivity contribution is -0.137. The topological polar surface area (TPSA) is 108 Å². The number of nitrogens with one attached hydrogen (secondary N) is 3. The van der Waals surface area contributed by atoms with E-state index in [1.165, 1.54) is 18.2 Å². The summed E-state index contributed by atoms with van der Waals surface area (Å²) in [6, 6.07) is 5.95. The third-order valence-electron chi connectivity index (χ3n) is 5.42. The van der Waals surface area contributed by atoms with Gasteiger partial charge in [0.1, 0.15) is 18.2 Å². The summed E-state index contributed by atoms with van der Waals surface area (Å²) >= 11 is 6.20. The number of hydrogen-bond acceptors (Lipinski definition) is 4. The van der Waals surface area contributed by atoms with Crippen molar-refractivity contribution in [2.45, 2.75) is 12.2 Å². The van der Waals surface area contributed by atoms with Crippen molar-refractivity contribution in [2.75, 3.05) is 17.2 Å². The van der Waals surface area contributed by atoms with Gasteiger partial charge in [-0.15, -0.1) is 0 Å². The average Bonchev–Trinajstić information content (AvgIpc) is 3.16. The number of fused-ring (bicyclic) bond motifs is 1. The first-order chi connectivity index (χ1) is 17.4. The zero-order chi connectivity index (χ0) is 27.1. The first-order valence-electron chi connectivity index (χ1n) is 10.4. The van der Waals surface area contributed by atoms with Crippen LogP contribution in [-0.2, 0) is 11.0 Å². The molecule has 0 saturated heterocycles. The number of amides is 3. The van der Waals surface area contributed by atoms with Crippen LogP contribution in [0, 0.1) is 11.6 Å². The molecule has 1 aliphatic heterocycles. The highest BCUT2D eigenvalue weighted by Crippen LogP contribution is 2.41. The number of carbonyl (C=O) groups is 3. The Hall–Kier alpha value is -4.03. The predicted molar refractivity (Wildman–Crippen MR) is 122 cm³/mol. The van der Waals surface area contributed by atoms with Crippen molar-refractivity contribution in [1.82, 2.24) is 5.32 Å². The number of hydrogen-bond donors (Lipinski definition) is 4. The normalized spacial score (nSPS) is 14.7. The second kappa shape index (κ2) is 9.79. The molecule has 4 N–H and O–H groups in total. The molecular weight excluding hydrogens is 525 g/mol. The van der Waals surface area contributed by atoms with E-state index in [0.29, 0.717) is 12.1 Å². The number of alkyl halides is 3. The van der Waals surface area contributed by atoms with Gasteiger partial charge in [-0.3, -0.25) is 14.4 Å². The summed E-state index contributed by atoms with van der Waals surface area (Å²) in [5, 5.41) is 16.3. The van der Waals surface area contributed by atoms with E-state index in [4.69, 9.17) is 16.7 Å². The molecule has 0 unspecified atom stereocenters. The van der Waals surface area contributed by atoms with E-state index in [2.05, 4.69) is 16.0 Å². The van der Waals surface area contributed by atoms with E-state index in [0.717, 1.165) is 12.1 Å². The minimum atomic E-state index is -4.93. The van der Waals surface area contributed by atoms with Crippen LogP contribution in [-0.4, -0.2) is 29.4 Å². The van der Waals surface area contributed by atoms with Gasteiger partial charge in [0.15, 0.2) is 0 Å². The lowest BCUT2D eigenvalue weighted by Gasteiger charge is -2.19. The fraction of sp³-hybridized carbons (Fsp3) is 0.125. The first-order valence-corrected chi connectivity index (χ1v) is 10.8. The summed E-state index contributed by atoms with van der Waals surface area (Å²) in [5.41, 5.74) is -2.19. The van der Waals surface area contributed by atoms with Gasteiger partial charge in [0.25, 0.3) is 11.8 Å². The van der Waals surface area contributed by atoms with Crippen LogP contribution in [0.2, 0.25) is 5.02 Å². The molecule has 1 atom stereocenters. The van der Waals surface area contributed by atoms with Gasteiger partial charge in [-0.1, -0.05) is 11.6 Å². The van der Waals surface area contributed by atoms with E-state index in [1.54, 1.807) is 0 Å². The molecule has 37 heavy (non-hydrogen) atoms. The van der Waals surface area contributed by atoms with E-state index >= 15 is 0 Å². The summed E-state index contributed by atoms with van der Waals surface area (Å²) in [4.78, 5) is 37.4. The summed E-state index contributed by atoms with van der Waals surface area (Å²) in [6.45, 7) is -0.907. The third-order valence-corrected chi connectivity index (χ3v) is 5.76. The molecule has 0 bridgehead atoms. The van der Waals surface area contributed by atoms with Gasteiger partial charge in [0, 0.05) is 38.7 Å². The molecule has 192 valence electrons. The Bertz CT molecular complexity index is 1440. The molecule has 4 rings (SSSR count). The smallest absolute Gasteiger partial charge is 0.387 e. The predicted octanol–water partition coefficient (Wildman–Crippen LogP) is 4.65. The summed E-state index contributed by atoms with van der Waals surface area (Å²) in [7, 11) is 0. The van der Waals surface area contributed by atoms with Crippen molar-refractivity contribution in [3.05, 3.63) is 93.0 Å². The lowest BCUT2D eigenvalue weighted by Crippen LogP contribution is -2.21. The van der Waals surface area contributed by atoms with Crippen molar-refractivity contribution in [2.24, 2.45) is 0 Å². The highest BCUT2D eigenvalue weighted by atomic mass is 35.5. The first kappa shape index (κ1) is 26.0. The van der Waals surface area contributed by atoms with Crippen molar-refractivity contribution in [3.63, 3.8) is 0 Å². The van der Waals surface area contributed by atoms with E-state index < -0.39 is 59.3 Å². The van der Waals surface area contributed by atoms with Crippen LogP contribution in [0.3, 0.4) is 0 Å². The van der Waals surface area contributed by atoms with Gasteiger partial charge < -0.3 is 21.1 Å². The molecule has 0 aromatic heterocycles. The molecule has 0 fully saturated rings. The molecule has 7 nitrogen and oxygen atoms in total. The Kier molecular flexibility index (Phi) is 6.89. The molecular formula is C24H15ClF5N3O4. The van der Waals surface area contributed by atoms with Gasteiger partial charge in [0.2, 0.25) is 5.91 Å². The molecule has 3 aromatic rings. The largest absolute Gasteiger partial charge is 0.416 e. The van der Waals surface area contributed by atoms with Crippen molar-refractivity contribution in [3.8, 4) is 0 Å². The van der Waals surface area contributed by atoms with Crippen LogP contribution >= 0.6 is 11.6 Å². The molecule has 13 heteroatoms. The standard InChI is InChI=1S/C24H15ClF5N3O4/c25-17-2-1-12(26)6-15(17)21-20-16(23(37)33-21)7-14(31-19(35)9-34)8-18(20)32-22(36)10-3-11(24(28,29)30)5-13(27)4-10/h1-8,21,34H,9H2,(H,31,35)(H,32,36)(H,33,37)/t21-/m0/s1. The van der Waals surface area contributed by atoms with E-state index in [9.17, 15) is 36.3 Å². The summed E-state index contributed by atoms with van der Waals surface area (Å²) in [6.07, 6.45) is -4.93. The van der Waals surface area contributed by atoms with Crippen molar-refractivity contribution >= 4 is 40.7 Å². The highest BCUT2D eigenvalue weighted by Gasteiger charge is 2.36. The number of halogens is 6. The van der Waals surface area contributed by atoms with Crippen molar-refractivity contribution < 1.29 is 41.4 Å². The Morgan fingerprint density at radius 2 is 1.73 bits per heavy atom. The second-order valence-electron chi connectivity index (χ2n) is 7.94. The fourth-order valence-corrected chi connectivity index (χ4v) is 4.08. The lowest BCUT2D eigenvalue weighted by atomic mass is 9.95. The average molecular weight is 540 g/mol. The van der Waals surface area contributed by atoms with Crippen LogP contribution in [0.4, 0.5) is 33.3 Å². The zero-order valence-electron chi connectivity index (χ0n) is 18.3. The Morgan fingerprint density at radius 1 is 1.00 bits per heavy atom. The maximum Gasteiger partial charge on any atom is 0.416 e. The monoisotopic (exact) mass is 539 g/mol. The van der Waals surface area contributed by atoms with Gasteiger partial charge in [-0.2, -0.15) is 13.2 Å². The van der Waals surface area contributed by atoms with Gasteiger partial charge in [-0.25, -0.2) is 8.78 Å². The number of anilines is 2. The van der Waals surface area contributed by atoms with Gasteiger partial charge >= 0.3 is 6.18 Å². The molecule has 3 aromatic carbocycles. The van der Waals surface area contributed by atoms with Crippen LogP contribution in [0.15, 0.2) is 48.5 Å². The molecule has 0 spiro atoms. The van der Waals surface area contributed by atoms with E-state index in [1.807, 2.05) is 0 Å². The Balaban J connectivity index is 1.83. The van der Waals surface area contributed by atoms with Gasteiger partial charge in [-0.05, 0) is 48.5 Å². The third kappa shape index (κ3) is 5.39. The highest BCUT2D eigenvalue weighted by molar-refractivity contribution is 6.31. The van der Waals surface area contributed by atoms with Crippen LogP contribution in [0.5, 0.6) is 0 Å². The summed E-state index contributed by atoms with van der Waals surface area (Å²) < 4.78 is 67.3.